The third-order valence-electron chi connectivity index (χ3n) is 4.08. The molecule has 0 aliphatic carbocycles. The molecule has 0 saturated heterocycles. The largest absolute Gasteiger partial charge is 0.493 e. The van der Waals surface area contributed by atoms with Crippen molar-refractivity contribution in [2.24, 2.45) is 5.16 Å². The minimum atomic E-state index is -0.862. The number of hydrogen-bond donors (Lipinski definition) is 1. The third-order valence-corrected chi connectivity index (χ3v) is 4.08. The second kappa shape index (κ2) is 7.94. The van der Waals surface area contributed by atoms with Crippen LogP contribution in [0.4, 0.5) is 10.1 Å². The maximum Gasteiger partial charge on any atom is 0.268 e. The predicted octanol–water partition coefficient (Wildman–Crippen LogP) is 2.98. The molecular weight excluding hydrogens is 355 g/mol. The van der Waals surface area contributed by atoms with Gasteiger partial charge in [-0.1, -0.05) is 23.4 Å². The normalized spacial score (nSPS) is 15.6. The number of amides is 1. The maximum atomic E-state index is 13.9. The van der Waals surface area contributed by atoms with E-state index in [9.17, 15) is 9.18 Å². The van der Waals surface area contributed by atoms with Gasteiger partial charge in [0.15, 0.2) is 11.5 Å². The summed E-state index contributed by atoms with van der Waals surface area (Å²) < 4.78 is 29.7. The zero-order valence-electron chi connectivity index (χ0n) is 15.1. The fourth-order valence-electron chi connectivity index (χ4n) is 2.75. The van der Waals surface area contributed by atoms with E-state index in [1.165, 1.54) is 27.4 Å². The summed E-state index contributed by atoms with van der Waals surface area (Å²) in [5.74, 6) is 0.399. The number of hydrogen-bond acceptors (Lipinski definition) is 6. The van der Waals surface area contributed by atoms with Gasteiger partial charge in [-0.3, -0.25) is 4.79 Å². The molecule has 1 atom stereocenters. The van der Waals surface area contributed by atoms with Crippen LogP contribution in [0.5, 0.6) is 17.2 Å². The van der Waals surface area contributed by atoms with Gasteiger partial charge in [0.2, 0.25) is 11.9 Å². The lowest BCUT2D eigenvalue weighted by Crippen LogP contribution is -2.28. The number of benzene rings is 2. The number of nitrogens with one attached hydrogen (secondary N) is 1. The van der Waals surface area contributed by atoms with E-state index in [1.54, 1.807) is 30.3 Å². The summed E-state index contributed by atoms with van der Waals surface area (Å²) in [5.41, 5.74) is 1.15. The molecular formula is C19H19FN2O5. The van der Waals surface area contributed by atoms with Crippen LogP contribution in [0.2, 0.25) is 0 Å². The van der Waals surface area contributed by atoms with Crippen molar-refractivity contribution in [2.45, 2.75) is 12.5 Å². The standard InChI is InChI=1S/C19H19FN2O5/c1-24-15-8-11(9-16(25-2)18(15)26-3)21-19(23)17-10-14(22-27-17)12-6-4-5-7-13(12)20/h4-9,17H,10H2,1-3H3,(H,21,23)/t17-/m0/s1. The molecule has 1 heterocycles. The summed E-state index contributed by atoms with van der Waals surface area (Å²) in [5, 5.41) is 6.58. The number of methoxy groups -OCH3 is 3. The molecule has 3 rings (SSSR count). The van der Waals surface area contributed by atoms with Gasteiger partial charge in [0.1, 0.15) is 5.82 Å². The van der Waals surface area contributed by atoms with Gasteiger partial charge >= 0.3 is 0 Å². The Morgan fingerprint density at radius 2 is 1.81 bits per heavy atom. The third kappa shape index (κ3) is 3.79. The van der Waals surface area contributed by atoms with E-state index in [0.717, 1.165) is 0 Å². The Morgan fingerprint density at radius 1 is 1.15 bits per heavy atom. The molecule has 1 N–H and O–H groups in total. The minimum Gasteiger partial charge on any atom is -0.493 e. The topological polar surface area (TPSA) is 78.4 Å². The first-order chi connectivity index (χ1) is 13.1. The monoisotopic (exact) mass is 374 g/mol. The molecule has 2 aromatic carbocycles. The highest BCUT2D eigenvalue weighted by Crippen LogP contribution is 2.40. The van der Waals surface area contributed by atoms with Crippen molar-refractivity contribution in [3.8, 4) is 17.2 Å². The van der Waals surface area contributed by atoms with E-state index in [-0.39, 0.29) is 6.42 Å². The first-order valence-electron chi connectivity index (χ1n) is 8.15. The highest BCUT2D eigenvalue weighted by Gasteiger charge is 2.30. The van der Waals surface area contributed by atoms with Gasteiger partial charge in [0.05, 0.1) is 27.0 Å². The van der Waals surface area contributed by atoms with Crippen LogP contribution in [0, 0.1) is 5.82 Å². The summed E-state index contributed by atoms with van der Waals surface area (Å²) in [4.78, 5) is 17.7. The fourth-order valence-corrected chi connectivity index (χ4v) is 2.75. The number of carbonyl (C=O) groups excluding carboxylic acids is 1. The number of carbonyl (C=O) groups is 1. The van der Waals surface area contributed by atoms with E-state index in [0.29, 0.717) is 34.2 Å². The first kappa shape index (κ1) is 18.5. The zero-order chi connectivity index (χ0) is 19.4. The van der Waals surface area contributed by atoms with Gasteiger partial charge in [-0.2, -0.15) is 0 Å². The van der Waals surface area contributed by atoms with E-state index in [1.807, 2.05) is 0 Å². The Kier molecular flexibility index (Phi) is 5.44. The van der Waals surface area contributed by atoms with Gasteiger partial charge in [-0.15, -0.1) is 0 Å². The highest BCUT2D eigenvalue weighted by molar-refractivity contribution is 6.06. The molecule has 142 valence electrons. The second-order valence-electron chi connectivity index (χ2n) is 5.72. The average molecular weight is 374 g/mol. The molecule has 7 nitrogen and oxygen atoms in total. The van der Waals surface area contributed by atoms with Crippen molar-refractivity contribution in [2.75, 3.05) is 26.6 Å². The summed E-state index contributed by atoms with van der Waals surface area (Å²) in [7, 11) is 4.46. The Hall–Kier alpha value is -3.29. The number of halogens is 1. The van der Waals surface area contributed by atoms with Crippen molar-refractivity contribution in [1.82, 2.24) is 0 Å². The number of rotatable bonds is 6. The van der Waals surface area contributed by atoms with Gasteiger partial charge < -0.3 is 24.4 Å². The van der Waals surface area contributed by atoms with Crippen LogP contribution in [-0.4, -0.2) is 39.1 Å². The Labute approximate surface area is 155 Å². The Morgan fingerprint density at radius 3 is 2.41 bits per heavy atom. The molecule has 8 heteroatoms. The molecule has 0 radical (unpaired) electrons. The van der Waals surface area contributed by atoms with Crippen molar-refractivity contribution >= 4 is 17.3 Å². The molecule has 1 amide bonds. The van der Waals surface area contributed by atoms with Crippen molar-refractivity contribution in [3.63, 3.8) is 0 Å². The summed E-state index contributed by atoms with van der Waals surface area (Å²) in [6, 6.07) is 9.42. The number of ether oxygens (including phenoxy) is 3. The van der Waals surface area contributed by atoms with Gasteiger partial charge in [0.25, 0.3) is 5.91 Å². The summed E-state index contributed by atoms with van der Waals surface area (Å²) in [6.45, 7) is 0. The first-order valence-corrected chi connectivity index (χ1v) is 8.15. The van der Waals surface area contributed by atoms with E-state index in [2.05, 4.69) is 10.5 Å². The lowest BCUT2D eigenvalue weighted by Gasteiger charge is -2.15. The van der Waals surface area contributed by atoms with Crippen LogP contribution in [0.15, 0.2) is 41.6 Å². The fraction of sp³-hybridized carbons (Fsp3) is 0.263. The molecule has 0 bridgehead atoms. The van der Waals surface area contributed by atoms with Gasteiger partial charge in [-0.05, 0) is 6.07 Å². The molecule has 0 fully saturated rings. The number of oxime groups is 1. The smallest absolute Gasteiger partial charge is 0.268 e. The highest BCUT2D eigenvalue weighted by atomic mass is 19.1. The van der Waals surface area contributed by atoms with E-state index in [4.69, 9.17) is 19.0 Å². The van der Waals surface area contributed by atoms with Gasteiger partial charge in [0, 0.05) is 29.8 Å². The number of nitrogens with zero attached hydrogens (tertiary/aromatic N) is 1. The zero-order valence-corrected chi connectivity index (χ0v) is 15.1. The molecule has 2 aromatic rings. The van der Waals surface area contributed by atoms with Crippen molar-refractivity contribution in [3.05, 3.63) is 47.8 Å². The SMILES string of the molecule is COc1cc(NC(=O)[C@@H]2CC(c3ccccc3F)=NO2)cc(OC)c1OC. The van der Waals surface area contributed by atoms with Crippen molar-refractivity contribution in [1.29, 1.82) is 0 Å². The molecule has 27 heavy (non-hydrogen) atoms. The van der Waals surface area contributed by atoms with Crippen LogP contribution in [0.3, 0.4) is 0 Å². The molecule has 0 saturated carbocycles. The molecule has 1 aliphatic rings. The molecule has 0 unspecified atom stereocenters. The number of anilines is 1. The van der Waals surface area contributed by atoms with Crippen LogP contribution >= 0.6 is 0 Å². The summed E-state index contributed by atoms with van der Waals surface area (Å²) in [6.07, 6.45) is -0.698. The van der Waals surface area contributed by atoms with Crippen LogP contribution in [0.1, 0.15) is 12.0 Å². The second-order valence-corrected chi connectivity index (χ2v) is 5.72. The van der Waals surface area contributed by atoms with Gasteiger partial charge in [-0.25, -0.2) is 4.39 Å². The van der Waals surface area contributed by atoms with Crippen molar-refractivity contribution < 1.29 is 28.2 Å². The molecule has 1 aliphatic heterocycles. The predicted molar refractivity (Wildman–Crippen MR) is 97.2 cm³/mol. The Bertz CT molecular complexity index is 859. The van der Waals surface area contributed by atoms with Crippen LogP contribution in [-0.2, 0) is 9.63 Å². The summed E-state index contributed by atoms with van der Waals surface area (Å²) >= 11 is 0. The van der Waals surface area contributed by atoms with Crippen LogP contribution < -0.4 is 19.5 Å². The average Bonchev–Trinajstić information content (AvgIpc) is 3.17. The quantitative estimate of drug-likeness (QED) is 0.841. The Balaban J connectivity index is 1.73. The van der Waals surface area contributed by atoms with E-state index >= 15 is 0 Å². The maximum absolute atomic E-state index is 13.9. The minimum absolute atomic E-state index is 0.164. The molecule has 0 spiro atoms. The van der Waals surface area contributed by atoms with Crippen LogP contribution in [0.25, 0.3) is 0 Å². The molecule has 0 aromatic heterocycles. The van der Waals surface area contributed by atoms with E-state index < -0.39 is 17.8 Å². The lowest BCUT2D eigenvalue weighted by atomic mass is 10.0. The lowest BCUT2D eigenvalue weighted by molar-refractivity contribution is -0.125.